The minimum Gasteiger partial charge on any atom is -0.387 e. The van der Waals surface area contributed by atoms with Crippen LogP contribution >= 0.6 is 0 Å². The number of aliphatic hydroxyl groups is 1. The van der Waals surface area contributed by atoms with Crippen molar-refractivity contribution >= 4 is 5.91 Å². The van der Waals surface area contributed by atoms with Gasteiger partial charge in [-0.25, -0.2) is 0 Å². The van der Waals surface area contributed by atoms with Crippen LogP contribution in [0.1, 0.15) is 34.8 Å². The number of carbonyl (C=O) groups is 1. The number of aryl methyl sites for hydroxylation is 1. The molecule has 1 N–H and O–H groups in total. The smallest absolute Gasteiger partial charge is 0.253 e. The van der Waals surface area contributed by atoms with Crippen molar-refractivity contribution < 1.29 is 9.90 Å². The van der Waals surface area contributed by atoms with Crippen LogP contribution in [0.3, 0.4) is 0 Å². The molecule has 0 radical (unpaired) electrons. The summed E-state index contributed by atoms with van der Waals surface area (Å²) >= 11 is 0. The summed E-state index contributed by atoms with van der Waals surface area (Å²) in [4.78, 5) is 20.8. The third kappa shape index (κ3) is 4.48. The van der Waals surface area contributed by atoms with E-state index >= 15 is 0 Å². The van der Waals surface area contributed by atoms with E-state index in [9.17, 15) is 9.90 Å². The van der Waals surface area contributed by atoms with Crippen molar-refractivity contribution in [3.05, 3.63) is 65.5 Å². The van der Waals surface area contributed by atoms with Crippen molar-refractivity contribution in [2.75, 3.05) is 26.2 Å². The SMILES string of the molecule is CCN(Cc1ccncc1)C[C@]1(O)CCN(C(=O)c2cccc(C)c2)C1. The lowest BCUT2D eigenvalue weighted by atomic mass is 10.0. The van der Waals surface area contributed by atoms with E-state index in [0.29, 0.717) is 31.6 Å². The van der Waals surface area contributed by atoms with Crippen LogP contribution in [-0.4, -0.2) is 57.6 Å². The highest BCUT2D eigenvalue weighted by atomic mass is 16.3. The number of β-amino-alcohol motifs (C(OH)–C–C–N with tert-alkyl or cyclic N) is 1. The largest absolute Gasteiger partial charge is 0.387 e. The van der Waals surface area contributed by atoms with Crippen LogP contribution in [0.2, 0.25) is 0 Å². The molecule has 0 bridgehead atoms. The van der Waals surface area contributed by atoms with Crippen molar-refractivity contribution in [2.24, 2.45) is 0 Å². The van der Waals surface area contributed by atoms with Crippen LogP contribution in [0.25, 0.3) is 0 Å². The number of likely N-dealkylation sites (N-methyl/N-ethyl adjacent to an activating group) is 1. The van der Waals surface area contributed by atoms with Crippen LogP contribution in [0.5, 0.6) is 0 Å². The third-order valence-corrected chi connectivity index (χ3v) is 5.01. The number of pyridine rings is 1. The summed E-state index contributed by atoms with van der Waals surface area (Å²) in [5.41, 5.74) is 2.08. The fourth-order valence-corrected chi connectivity index (χ4v) is 3.56. The molecule has 0 saturated carbocycles. The van der Waals surface area contributed by atoms with E-state index in [2.05, 4.69) is 16.8 Å². The molecule has 5 heteroatoms. The van der Waals surface area contributed by atoms with Crippen LogP contribution < -0.4 is 0 Å². The first kappa shape index (κ1) is 18.5. The summed E-state index contributed by atoms with van der Waals surface area (Å²) < 4.78 is 0. The van der Waals surface area contributed by atoms with E-state index in [-0.39, 0.29) is 5.91 Å². The van der Waals surface area contributed by atoms with Gasteiger partial charge in [-0.2, -0.15) is 0 Å². The Kier molecular flexibility index (Phi) is 5.69. The van der Waals surface area contributed by atoms with Gasteiger partial charge in [-0.3, -0.25) is 14.7 Å². The fourth-order valence-electron chi connectivity index (χ4n) is 3.56. The van der Waals surface area contributed by atoms with Gasteiger partial charge in [0.05, 0.1) is 12.1 Å². The maximum Gasteiger partial charge on any atom is 0.253 e. The number of amides is 1. The minimum absolute atomic E-state index is 0.00167. The Labute approximate surface area is 155 Å². The Bertz CT molecular complexity index is 750. The normalized spacial score (nSPS) is 19.9. The molecule has 0 spiro atoms. The molecule has 0 unspecified atom stereocenters. The zero-order valence-electron chi connectivity index (χ0n) is 15.6. The molecular formula is C21H27N3O2. The van der Waals surface area contributed by atoms with Gasteiger partial charge in [-0.1, -0.05) is 24.6 Å². The summed E-state index contributed by atoms with van der Waals surface area (Å²) in [6.07, 6.45) is 4.18. The molecule has 5 nitrogen and oxygen atoms in total. The first-order chi connectivity index (χ1) is 12.5. The number of nitrogens with zero attached hydrogens (tertiary/aromatic N) is 3. The molecule has 1 atom stereocenters. The van der Waals surface area contributed by atoms with E-state index < -0.39 is 5.60 Å². The minimum atomic E-state index is -0.859. The molecule has 1 aliphatic heterocycles. The summed E-state index contributed by atoms with van der Waals surface area (Å²) in [6.45, 7) is 7.22. The first-order valence-corrected chi connectivity index (χ1v) is 9.19. The number of benzene rings is 1. The molecule has 1 saturated heterocycles. The molecule has 1 fully saturated rings. The van der Waals surface area contributed by atoms with Gasteiger partial charge < -0.3 is 10.0 Å². The van der Waals surface area contributed by atoms with Crippen molar-refractivity contribution in [1.82, 2.24) is 14.8 Å². The molecule has 1 aromatic carbocycles. The second-order valence-electron chi connectivity index (χ2n) is 7.23. The summed E-state index contributed by atoms with van der Waals surface area (Å²) in [5, 5.41) is 11.0. The number of likely N-dealkylation sites (tertiary alicyclic amines) is 1. The van der Waals surface area contributed by atoms with E-state index in [1.807, 2.05) is 43.3 Å². The average molecular weight is 353 g/mol. The van der Waals surface area contributed by atoms with Gasteiger partial charge in [0.2, 0.25) is 0 Å². The molecule has 2 heterocycles. The molecule has 0 aliphatic carbocycles. The lowest BCUT2D eigenvalue weighted by Gasteiger charge is -2.30. The second kappa shape index (κ2) is 7.98. The Hall–Kier alpha value is -2.24. The van der Waals surface area contributed by atoms with Crippen molar-refractivity contribution in [2.45, 2.75) is 32.4 Å². The monoisotopic (exact) mass is 353 g/mol. The highest BCUT2D eigenvalue weighted by Crippen LogP contribution is 2.25. The Balaban J connectivity index is 1.63. The third-order valence-electron chi connectivity index (χ3n) is 5.01. The number of hydrogen-bond donors (Lipinski definition) is 1. The molecule has 138 valence electrons. The molecule has 2 aromatic rings. The van der Waals surface area contributed by atoms with Gasteiger partial charge in [-0.15, -0.1) is 0 Å². The second-order valence-corrected chi connectivity index (χ2v) is 7.23. The lowest BCUT2D eigenvalue weighted by molar-refractivity contribution is 0.0108. The van der Waals surface area contributed by atoms with Gasteiger partial charge in [0.15, 0.2) is 0 Å². The Morgan fingerprint density at radius 2 is 2.08 bits per heavy atom. The van der Waals surface area contributed by atoms with Crippen LogP contribution in [0.15, 0.2) is 48.8 Å². The predicted octanol–water partition coefficient (Wildman–Crippen LogP) is 2.49. The quantitative estimate of drug-likeness (QED) is 0.867. The lowest BCUT2D eigenvalue weighted by Crippen LogP contribution is -2.45. The van der Waals surface area contributed by atoms with Gasteiger partial charge in [0, 0.05) is 37.6 Å². The van der Waals surface area contributed by atoms with Crippen molar-refractivity contribution in [3.63, 3.8) is 0 Å². The number of rotatable bonds is 6. The van der Waals surface area contributed by atoms with E-state index in [4.69, 9.17) is 0 Å². The highest BCUT2D eigenvalue weighted by Gasteiger charge is 2.39. The number of hydrogen-bond acceptors (Lipinski definition) is 4. The maximum atomic E-state index is 12.7. The van der Waals surface area contributed by atoms with E-state index in [0.717, 1.165) is 18.7 Å². The number of aromatic nitrogens is 1. The molecule has 1 aromatic heterocycles. The zero-order chi connectivity index (χ0) is 18.6. The molecule has 1 amide bonds. The molecule has 1 aliphatic rings. The van der Waals surface area contributed by atoms with Gasteiger partial charge >= 0.3 is 0 Å². The van der Waals surface area contributed by atoms with Crippen LogP contribution in [-0.2, 0) is 6.54 Å². The molecule has 3 rings (SSSR count). The van der Waals surface area contributed by atoms with Crippen LogP contribution in [0.4, 0.5) is 0 Å². The fraction of sp³-hybridized carbons (Fsp3) is 0.429. The molecular weight excluding hydrogens is 326 g/mol. The van der Waals surface area contributed by atoms with Gasteiger partial charge in [-0.05, 0) is 49.7 Å². The van der Waals surface area contributed by atoms with Crippen molar-refractivity contribution in [3.8, 4) is 0 Å². The Morgan fingerprint density at radius 1 is 1.31 bits per heavy atom. The summed E-state index contributed by atoms with van der Waals surface area (Å²) in [6, 6.07) is 11.6. The van der Waals surface area contributed by atoms with E-state index in [1.165, 1.54) is 5.56 Å². The van der Waals surface area contributed by atoms with Crippen molar-refractivity contribution in [1.29, 1.82) is 0 Å². The summed E-state index contributed by atoms with van der Waals surface area (Å²) in [7, 11) is 0. The average Bonchev–Trinajstić information content (AvgIpc) is 3.03. The standard InChI is InChI=1S/C21H27N3O2/c1-3-23(14-18-7-10-22-11-8-18)15-21(26)9-12-24(16-21)20(25)19-6-4-5-17(2)13-19/h4-8,10-11,13,26H,3,9,12,14-16H2,1-2H3/t21-/m1/s1. The highest BCUT2D eigenvalue weighted by molar-refractivity contribution is 5.94. The van der Waals surface area contributed by atoms with Gasteiger partial charge in [0.1, 0.15) is 0 Å². The van der Waals surface area contributed by atoms with E-state index in [1.54, 1.807) is 17.3 Å². The Morgan fingerprint density at radius 3 is 2.77 bits per heavy atom. The molecule has 26 heavy (non-hydrogen) atoms. The predicted molar refractivity (Wildman–Crippen MR) is 102 cm³/mol. The maximum absolute atomic E-state index is 12.7. The summed E-state index contributed by atoms with van der Waals surface area (Å²) in [5.74, 6) is 0.00167. The first-order valence-electron chi connectivity index (χ1n) is 9.19. The topological polar surface area (TPSA) is 56.7 Å². The van der Waals surface area contributed by atoms with Gasteiger partial charge in [0.25, 0.3) is 5.91 Å². The zero-order valence-corrected chi connectivity index (χ0v) is 15.6. The van der Waals surface area contributed by atoms with Crippen LogP contribution in [0, 0.1) is 6.92 Å². The number of carbonyl (C=O) groups excluding carboxylic acids is 1.